The first-order chi connectivity index (χ1) is 5.29. The molecule has 0 N–H and O–H groups in total. The molecule has 0 saturated heterocycles. The van der Waals surface area contributed by atoms with Gasteiger partial charge in [0, 0.05) is 18.3 Å². The summed E-state index contributed by atoms with van der Waals surface area (Å²) in [5.41, 5.74) is 1.98. The molecule has 0 unspecified atom stereocenters. The van der Waals surface area contributed by atoms with E-state index in [2.05, 4.69) is 11.6 Å². The zero-order valence-electron chi connectivity index (χ0n) is 6.79. The summed E-state index contributed by atoms with van der Waals surface area (Å²) in [6, 6.07) is 1.89. The molecule has 0 fully saturated rings. The highest BCUT2D eigenvalue weighted by Crippen LogP contribution is 2.12. The summed E-state index contributed by atoms with van der Waals surface area (Å²) in [4.78, 5) is 4.05. The van der Waals surface area contributed by atoms with E-state index >= 15 is 0 Å². The van der Waals surface area contributed by atoms with Crippen LogP contribution in [-0.4, -0.2) is 12.8 Å². The van der Waals surface area contributed by atoms with Crippen LogP contribution in [-0.2, 0) is 0 Å². The van der Waals surface area contributed by atoms with Crippen molar-refractivity contribution in [3.8, 4) is 0 Å². The highest BCUT2D eigenvalue weighted by Gasteiger charge is 2.03. The maximum atomic E-state index is 5.14. The molecule has 0 aliphatic rings. The molecular formula is C9H11NO. The van der Waals surface area contributed by atoms with Crippen molar-refractivity contribution < 1.29 is 4.42 Å². The van der Waals surface area contributed by atoms with E-state index in [4.69, 9.17) is 4.42 Å². The van der Waals surface area contributed by atoms with Gasteiger partial charge in [-0.2, -0.15) is 0 Å². The van der Waals surface area contributed by atoms with Crippen LogP contribution in [0.2, 0.25) is 0 Å². The Morgan fingerprint density at radius 1 is 1.73 bits per heavy atom. The lowest BCUT2D eigenvalue weighted by atomic mass is 10.2. The predicted molar refractivity (Wildman–Crippen MR) is 46.9 cm³/mol. The highest BCUT2D eigenvalue weighted by atomic mass is 16.3. The molecule has 0 bridgehead atoms. The average molecular weight is 149 g/mol. The summed E-state index contributed by atoms with van der Waals surface area (Å²) in [5, 5.41) is 0. The Morgan fingerprint density at radius 2 is 2.45 bits per heavy atom. The molecule has 1 heterocycles. The van der Waals surface area contributed by atoms with Crippen molar-refractivity contribution in [2.45, 2.75) is 6.92 Å². The predicted octanol–water partition coefficient (Wildman–Crippen LogP) is 2.36. The second-order valence-corrected chi connectivity index (χ2v) is 2.21. The zero-order chi connectivity index (χ0) is 8.27. The molecule has 0 spiro atoms. The number of furan rings is 1. The van der Waals surface area contributed by atoms with Crippen LogP contribution in [0.5, 0.6) is 0 Å². The Kier molecular flexibility index (Phi) is 2.26. The quantitative estimate of drug-likeness (QED) is 0.592. The summed E-state index contributed by atoms with van der Waals surface area (Å²) < 4.78 is 5.14. The van der Waals surface area contributed by atoms with Gasteiger partial charge in [0.25, 0.3) is 0 Å². The molecule has 58 valence electrons. The van der Waals surface area contributed by atoms with Crippen molar-refractivity contribution in [3.63, 3.8) is 0 Å². The average Bonchev–Trinajstić information content (AvgIpc) is 2.50. The van der Waals surface area contributed by atoms with Crippen molar-refractivity contribution in [1.29, 1.82) is 0 Å². The lowest BCUT2D eigenvalue weighted by Gasteiger charge is -1.94. The molecule has 0 amide bonds. The molecule has 2 nitrogen and oxygen atoms in total. The van der Waals surface area contributed by atoms with Gasteiger partial charge >= 0.3 is 0 Å². The van der Waals surface area contributed by atoms with Gasteiger partial charge in [-0.05, 0) is 19.1 Å². The van der Waals surface area contributed by atoms with Crippen LogP contribution in [0.3, 0.4) is 0 Å². The molecule has 2 heteroatoms. The number of rotatable bonds is 2. The summed E-state index contributed by atoms with van der Waals surface area (Å²) in [6.07, 6.45) is 3.32. The van der Waals surface area contributed by atoms with Crippen molar-refractivity contribution in [2.24, 2.45) is 4.99 Å². The molecule has 1 aromatic heterocycles. The second kappa shape index (κ2) is 3.19. The Labute approximate surface area is 66.3 Å². The maximum absolute atomic E-state index is 5.14. The topological polar surface area (TPSA) is 25.5 Å². The van der Waals surface area contributed by atoms with Gasteiger partial charge < -0.3 is 4.42 Å². The molecular weight excluding hydrogens is 138 g/mol. The van der Waals surface area contributed by atoms with Gasteiger partial charge in [-0.3, -0.25) is 4.99 Å². The van der Waals surface area contributed by atoms with Gasteiger partial charge in [0.15, 0.2) is 0 Å². The van der Waals surface area contributed by atoms with E-state index in [9.17, 15) is 0 Å². The van der Waals surface area contributed by atoms with Gasteiger partial charge in [0.2, 0.25) is 0 Å². The van der Waals surface area contributed by atoms with Crippen LogP contribution in [0.15, 0.2) is 28.3 Å². The number of aliphatic imine (C=N–C) groups is 1. The van der Waals surface area contributed by atoms with E-state index in [1.165, 1.54) is 0 Å². The van der Waals surface area contributed by atoms with Crippen LogP contribution in [0.4, 0.5) is 0 Å². The van der Waals surface area contributed by atoms with Crippen LogP contribution in [0, 0.1) is 0 Å². The first-order valence-electron chi connectivity index (χ1n) is 3.43. The second-order valence-electron chi connectivity index (χ2n) is 2.21. The molecule has 0 saturated carbocycles. The van der Waals surface area contributed by atoms with Crippen LogP contribution < -0.4 is 0 Å². The third kappa shape index (κ3) is 1.40. The zero-order valence-corrected chi connectivity index (χ0v) is 6.79. The molecule has 0 atom stereocenters. The third-order valence-corrected chi connectivity index (χ3v) is 1.61. The Morgan fingerprint density at radius 3 is 3.00 bits per heavy atom. The number of hydrogen-bond donors (Lipinski definition) is 0. The van der Waals surface area contributed by atoms with Crippen LogP contribution in [0.25, 0.3) is 6.08 Å². The lowest BCUT2D eigenvalue weighted by molar-refractivity contribution is 0.556. The SMILES string of the molecule is C=Cc1occc1C(C)=NC. The molecule has 11 heavy (non-hydrogen) atoms. The summed E-state index contributed by atoms with van der Waals surface area (Å²) in [7, 11) is 1.76. The maximum Gasteiger partial charge on any atom is 0.135 e. The fraction of sp³-hybridized carbons (Fsp3) is 0.222. The minimum Gasteiger partial charge on any atom is -0.464 e. The van der Waals surface area contributed by atoms with Gasteiger partial charge in [0.1, 0.15) is 5.76 Å². The molecule has 0 aliphatic carbocycles. The number of hydrogen-bond acceptors (Lipinski definition) is 2. The molecule has 1 rings (SSSR count). The van der Waals surface area contributed by atoms with Crippen molar-refractivity contribution in [3.05, 3.63) is 30.2 Å². The minimum atomic E-state index is 0.785. The van der Waals surface area contributed by atoms with Crippen LogP contribution >= 0.6 is 0 Å². The van der Waals surface area contributed by atoms with E-state index in [1.807, 2.05) is 13.0 Å². The smallest absolute Gasteiger partial charge is 0.135 e. The monoisotopic (exact) mass is 149 g/mol. The lowest BCUT2D eigenvalue weighted by Crippen LogP contribution is -1.93. The largest absolute Gasteiger partial charge is 0.464 e. The van der Waals surface area contributed by atoms with Gasteiger partial charge in [-0.15, -0.1) is 0 Å². The first kappa shape index (κ1) is 7.79. The van der Waals surface area contributed by atoms with E-state index in [0.717, 1.165) is 17.0 Å². The normalized spacial score (nSPS) is 11.6. The Hall–Kier alpha value is -1.31. The van der Waals surface area contributed by atoms with Gasteiger partial charge in [0.05, 0.1) is 6.26 Å². The summed E-state index contributed by atoms with van der Waals surface area (Å²) >= 11 is 0. The molecule has 1 aromatic rings. The first-order valence-corrected chi connectivity index (χ1v) is 3.43. The molecule has 0 radical (unpaired) electrons. The summed E-state index contributed by atoms with van der Waals surface area (Å²) in [5.74, 6) is 0.785. The fourth-order valence-corrected chi connectivity index (χ4v) is 0.898. The van der Waals surface area contributed by atoms with Gasteiger partial charge in [-0.1, -0.05) is 6.58 Å². The van der Waals surface area contributed by atoms with Crippen molar-refractivity contribution in [1.82, 2.24) is 0 Å². The molecule has 0 aliphatic heterocycles. The van der Waals surface area contributed by atoms with E-state index in [0.29, 0.717) is 0 Å². The Bertz CT molecular complexity index is 284. The minimum absolute atomic E-state index is 0.785. The number of nitrogens with zero attached hydrogens (tertiary/aromatic N) is 1. The molecule has 0 aromatic carbocycles. The van der Waals surface area contributed by atoms with Gasteiger partial charge in [-0.25, -0.2) is 0 Å². The van der Waals surface area contributed by atoms with E-state index in [-0.39, 0.29) is 0 Å². The van der Waals surface area contributed by atoms with E-state index < -0.39 is 0 Å². The van der Waals surface area contributed by atoms with Crippen molar-refractivity contribution >= 4 is 11.8 Å². The van der Waals surface area contributed by atoms with Crippen LogP contribution in [0.1, 0.15) is 18.2 Å². The highest BCUT2D eigenvalue weighted by molar-refractivity contribution is 6.00. The van der Waals surface area contributed by atoms with E-state index in [1.54, 1.807) is 19.4 Å². The summed E-state index contributed by atoms with van der Waals surface area (Å²) in [6.45, 7) is 5.57. The fourth-order valence-electron chi connectivity index (χ4n) is 0.898. The third-order valence-electron chi connectivity index (χ3n) is 1.61. The standard InChI is InChI=1S/C9H11NO/c1-4-9-8(5-6-11-9)7(2)10-3/h4-6H,1H2,2-3H3. The van der Waals surface area contributed by atoms with Crippen molar-refractivity contribution in [2.75, 3.05) is 7.05 Å². The Balaban J connectivity index is 3.12.